The fourth-order valence-corrected chi connectivity index (χ4v) is 2.05. The Bertz CT molecular complexity index is 466. The number of ketones is 1. The van der Waals surface area contributed by atoms with Crippen LogP contribution in [0.3, 0.4) is 0 Å². The van der Waals surface area contributed by atoms with Crippen LogP contribution in [0.2, 0.25) is 0 Å². The van der Waals surface area contributed by atoms with Crippen molar-refractivity contribution < 1.29 is 18.4 Å². The van der Waals surface area contributed by atoms with Crippen LogP contribution in [0.4, 0.5) is 8.78 Å². The molecule has 0 heterocycles. The average Bonchev–Trinajstić information content (AvgIpc) is 2.39. The number of thioether (sulfide) groups is 1. The summed E-state index contributed by atoms with van der Waals surface area (Å²) in [5, 5.41) is 2.68. The average molecular weight is 287 g/mol. The predicted molar refractivity (Wildman–Crippen MR) is 71.3 cm³/mol. The molecule has 19 heavy (non-hydrogen) atoms. The zero-order chi connectivity index (χ0) is 14.3. The van der Waals surface area contributed by atoms with Crippen LogP contribution >= 0.6 is 11.8 Å². The molecule has 0 aromatic heterocycles. The maximum atomic E-state index is 12.9. The number of Topliss-reactive ketones (excluding diaryl/α,β-unsaturated/α-hetero) is 1. The molecule has 0 radical (unpaired) electrons. The van der Waals surface area contributed by atoms with Crippen molar-refractivity contribution in [3.05, 3.63) is 35.4 Å². The molecular formula is C13H15F2NO2S. The van der Waals surface area contributed by atoms with Gasteiger partial charge in [-0.3, -0.25) is 9.59 Å². The van der Waals surface area contributed by atoms with E-state index in [1.807, 2.05) is 6.92 Å². The van der Waals surface area contributed by atoms with Crippen molar-refractivity contribution in [1.29, 1.82) is 0 Å². The van der Waals surface area contributed by atoms with Gasteiger partial charge in [0.25, 0.3) is 0 Å². The van der Waals surface area contributed by atoms with Crippen LogP contribution in [0.1, 0.15) is 23.7 Å². The molecule has 1 N–H and O–H groups in total. The fourth-order valence-electron chi connectivity index (χ4n) is 1.30. The lowest BCUT2D eigenvalue weighted by Crippen LogP contribution is -2.26. The summed E-state index contributed by atoms with van der Waals surface area (Å²) >= 11 is 1.15. The third kappa shape index (κ3) is 5.38. The number of hydrogen-bond donors (Lipinski definition) is 1. The third-order valence-electron chi connectivity index (χ3n) is 2.28. The molecule has 0 unspecified atom stereocenters. The molecule has 0 aliphatic heterocycles. The van der Waals surface area contributed by atoms with Crippen molar-refractivity contribution in [3.63, 3.8) is 0 Å². The van der Waals surface area contributed by atoms with Crippen LogP contribution < -0.4 is 5.32 Å². The summed E-state index contributed by atoms with van der Waals surface area (Å²) in [6, 6.07) is 3.02. The van der Waals surface area contributed by atoms with Gasteiger partial charge in [-0.15, -0.1) is 11.8 Å². The zero-order valence-electron chi connectivity index (χ0n) is 10.5. The second kappa shape index (κ2) is 7.89. The van der Waals surface area contributed by atoms with Gasteiger partial charge in [-0.2, -0.15) is 0 Å². The first-order valence-electron chi connectivity index (χ1n) is 5.87. The summed E-state index contributed by atoms with van der Waals surface area (Å²) in [4.78, 5) is 22.9. The van der Waals surface area contributed by atoms with E-state index in [-0.39, 0.29) is 28.8 Å². The molecule has 0 saturated carbocycles. The van der Waals surface area contributed by atoms with E-state index in [0.29, 0.717) is 6.54 Å². The predicted octanol–water partition coefficient (Wildman–Crippen LogP) is 2.41. The molecule has 104 valence electrons. The van der Waals surface area contributed by atoms with E-state index in [2.05, 4.69) is 5.32 Å². The lowest BCUT2D eigenvalue weighted by molar-refractivity contribution is -0.118. The van der Waals surface area contributed by atoms with Gasteiger partial charge in [0.1, 0.15) is 0 Å². The second-order valence-corrected chi connectivity index (χ2v) is 4.88. The van der Waals surface area contributed by atoms with Crippen molar-refractivity contribution >= 4 is 23.5 Å². The highest BCUT2D eigenvalue weighted by Crippen LogP contribution is 2.12. The number of carbonyl (C=O) groups excluding carboxylic acids is 2. The molecule has 0 atom stereocenters. The molecular weight excluding hydrogens is 272 g/mol. The molecule has 1 aromatic rings. The number of amides is 1. The molecule has 0 aliphatic rings. The molecule has 0 saturated heterocycles. The van der Waals surface area contributed by atoms with Gasteiger partial charge in [-0.25, -0.2) is 8.78 Å². The summed E-state index contributed by atoms with van der Waals surface area (Å²) in [6.45, 7) is 2.55. The van der Waals surface area contributed by atoms with E-state index >= 15 is 0 Å². The molecule has 1 aromatic carbocycles. The monoisotopic (exact) mass is 287 g/mol. The Kier molecular flexibility index (Phi) is 6.49. The summed E-state index contributed by atoms with van der Waals surface area (Å²) in [5.74, 6) is -2.25. The Labute approximate surface area is 114 Å². The molecule has 0 fully saturated rings. The number of rotatable bonds is 7. The summed E-state index contributed by atoms with van der Waals surface area (Å²) < 4.78 is 25.6. The first kappa shape index (κ1) is 15.6. The number of nitrogens with one attached hydrogen (secondary N) is 1. The van der Waals surface area contributed by atoms with Gasteiger partial charge in [-0.1, -0.05) is 6.92 Å². The lowest BCUT2D eigenvalue weighted by Gasteiger charge is -2.03. The van der Waals surface area contributed by atoms with Gasteiger partial charge < -0.3 is 5.32 Å². The molecule has 0 spiro atoms. The Morgan fingerprint density at radius 1 is 1.21 bits per heavy atom. The highest BCUT2D eigenvalue weighted by Gasteiger charge is 2.10. The Hall–Kier alpha value is -1.43. The maximum Gasteiger partial charge on any atom is 0.230 e. The minimum absolute atomic E-state index is 0.0601. The van der Waals surface area contributed by atoms with Gasteiger partial charge in [-0.05, 0) is 24.6 Å². The minimum atomic E-state index is -1.04. The standard InChI is InChI=1S/C13H15F2NO2S/c1-2-5-16-13(18)8-19-7-12(17)9-3-4-10(14)11(15)6-9/h3-4,6H,2,5,7-8H2,1H3,(H,16,18). The quantitative estimate of drug-likeness (QED) is 0.783. The molecule has 1 amide bonds. The van der Waals surface area contributed by atoms with Crippen molar-refractivity contribution in [2.45, 2.75) is 13.3 Å². The minimum Gasteiger partial charge on any atom is -0.355 e. The molecule has 0 aliphatic carbocycles. The van der Waals surface area contributed by atoms with Crippen LogP contribution in [0.25, 0.3) is 0 Å². The maximum absolute atomic E-state index is 12.9. The second-order valence-electron chi connectivity index (χ2n) is 3.89. The van der Waals surface area contributed by atoms with E-state index in [9.17, 15) is 18.4 Å². The van der Waals surface area contributed by atoms with Gasteiger partial charge in [0.15, 0.2) is 17.4 Å². The van der Waals surface area contributed by atoms with Gasteiger partial charge in [0.05, 0.1) is 11.5 Å². The highest BCUT2D eigenvalue weighted by atomic mass is 32.2. The number of halogens is 2. The van der Waals surface area contributed by atoms with E-state index < -0.39 is 11.6 Å². The van der Waals surface area contributed by atoms with E-state index in [1.165, 1.54) is 6.07 Å². The molecule has 1 rings (SSSR count). The smallest absolute Gasteiger partial charge is 0.230 e. The normalized spacial score (nSPS) is 10.3. The van der Waals surface area contributed by atoms with Crippen molar-refractivity contribution in [2.75, 3.05) is 18.1 Å². The van der Waals surface area contributed by atoms with Crippen LogP contribution in [0.15, 0.2) is 18.2 Å². The van der Waals surface area contributed by atoms with Crippen LogP contribution in [-0.4, -0.2) is 29.7 Å². The lowest BCUT2D eigenvalue weighted by atomic mass is 10.1. The third-order valence-corrected chi connectivity index (χ3v) is 3.21. The van der Waals surface area contributed by atoms with Gasteiger partial charge >= 0.3 is 0 Å². The number of carbonyl (C=O) groups is 2. The molecule has 0 bridgehead atoms. The summed E-state index contributed by atoms with van der Waals surface area (Å²) in [6.07, 6.45) is 0.851. The fraction of sp³-hybridized carbons (Fsp3) is 0.385. The Balaban J connectivity index is 2.39. The molecule has 6 heteroatoms. The topological polar surface area (TPSA) is 46.2 Å². The van der Waals surface area contributed by atoms with Crippen molar-refractivity contribution in [2.24, 2.45) is 0 Å². The first-order chi connectivity index (χ1) is 9.04. The van der Waals surface area contributed by atoms with E-state index in [0.717, 1.165) is 30.3 Å². The van der Waals surface area contributed by atoms with Crippen LogP contribution in [0, 0.1) is 11.6 Å². The summed E-state index contributed by atoms with van der Waals surface area (Å²) in [5.41, 5.74) is 0.111. The van der Waals surface area contributed by atoms with E-state index in [1.54, 1.807) is 0 Å². The molecule has 3 nitrogen and oxygen atoms in total. The first-order valence-corrected chi connectivity index (χ1v) is 7.02. The van der Waals surface area contributed by atoms with Crippen molar-refractivity contribution in [1.82, 2.24) is 5.32 Å². The van der Waals surface area contributed by atoms with Crippen molar-refractivity contribution in [3.8, 4) is 0 Å². The largest absolute Gasteiger partial charge is 0.355 e. The zero-order valence-corrected chi connectivity index (χ0v) is 11.4. The summed E-state index contributed by atoms with van der Waals surface area (Å²) in [7, 11) is 0. The van der Waals surface area contributed by atoms with Crippen LogP contribution in [-0.2, 0) is 4.79 Å². The Morgan fingerprint density at radius 3 is 2.58 bits per heavy atom. The van der Waals surface area contributed by atoms with E-state index in [4.69, 9.17) is 0 Å². The number of benzene rings is 1. The Morgan fingerprint density at radius 2 is 1.95 bits per heavy atom. The van der Waals surface area contributed by atoms with Gasteiger partial charge in [0.2, 0.25) is 5.91 Å². The SMILES string of the molecule is CCCNC(=O)CSCC(=O)c1ccc(F)c(F)c1. The highest BCUT2D eigenvalue weighted by molar-refractivity contribution is 8.00. The number of hydrogen-bond acceptors (Lipinski definition) is 3. The van der Waals surface area contributed by atoms with Crippen LogP contribution in [0.5, 0.6) is 0 Å². The van der Waals surface area contributed by atoms with Gasteiger partial charge in [0, 0.05) is 12.1 Å².